The number of phenols is 1. The van der Waals surface area contributed by atoms with Crippen LogP contribution in [0.3, 0.4) is 0 Å². The van der Waals surface area contributed by atoms with E-state index in [-0.39, 0.29) is 17.7 Å². The van der Waals surface area contributed by atoms with Crippen LogP contribution in [0.1, 0.15) is 36.0 Å². The van der Waals surface area contributed by atoms with Gasteiger partial charge in [0, 0.05) is 22.0 Å². The Morgan fingerprint density at radius 2 is 2.21 bits per heavy atom. The number of phenolic OH excluding ortho intramolecular Hbond substituents is 1. The van der Waals surface area contributed by atoms with E-state index in [1.54, 1.807) is 18.2 Å². The molecule has 1 aliphatic heterocycles. The predicted molar refractivity (Wildman–Crippen MR) is 84.8 cm³/mol. The summed E-state index contributed by atoms with van der Waals surface area (Å²) in [7, 11) is 0. The van der Waals surface area contributed by atoms with E-state index in [0.717, 1.165) is 35.8 Å². The molecule has 1 heterocycles. The molecule has 5 heteroatoms. The Labute approximate surface area is 132 Å². The van der Waals surface area contributed by atoms with Crippen molar-refractivity contribution in [1.82, 2.24) is 4.90 Å². The first-order chi connectivity index (χ1) is 9.13. The molecule has 1 fully saturated rings. The van der Waals surface area contributed by atoms with Crippen molar-refractivity contribution in [3.63, 3.8) is 0 Å². The van der Waals surface area contributed by atoms with Crippen molar-refractivity contribution in [2.75, 3.05) is 12.4 Å². The lowest BCUT2D eigenvalue weighted by Gasteiger charge is -2.29. The number of benzene rings is 1. The van der Waals surface area contributed by atoms with Crippen molar-refractivity contribution in [2.24, 2.45) is 0 Å². The maximum absolute atomic E-state index is 12.6. The molecular weight excluding hydrogens is 377 g/mol. The van der Waals surface area contributed by atoms with Gasteiger partial charge in [-0.2, -0.15) is 0 Å². The minimum absolute atomic E-state index is 0.0444. The molecule has 1 amide bonds. The number of carbonyl (C=O) groups is 1. The molecule has 1 saturated heterocycles. The zero-order valence-corrected chi connectivity index (χ0v) is 13.5. The van der Waals surface area contributed by atoms with Gasteiger partial charge in [-0.25, -0.2) is 0 Å². The summed E-state index contributed by atoms with van der Waals surface area (Å²) in [5.41, 5.74) is 0.379. The number of carbonyl (C=O) groups excluding carboxylic acids is 1. The molecule has 2 rings (SSSR count). The van der Waals surface area contributed by atoms with Gasteiger partial charge >= 0.3 is 0 Å². The Morgan fingerprint density at radius 3 is 2.95 bits per heavy atom. The van der Waals surface area contributed by atoms with Crippen molar-refractivity contribution in [3.05, 3.63) is 27.3 Å². The second-order valence-electron chi connectivity index (χ2n) is 4.82. The summed E-state index contributed by atoms with van der Waals surface area (Å²) < 4.78 is 0.941. The monoisotopic (exact) mass is 393 g/mol. The standard InChI is InChI=1S/C14H17ClINO2/c15-9-11-4-2-1-3-7-17(11)14(19)12-8-10(16)5-6-13(12)18/h5-6,8,11,18H,1-4,7,9H2. The van der Waals surface area contributed by atoms with E-state index in [0.29, 0.717) is 11.4 Å². The van der Waals surface area contributed by atoms with Gasteiger partial charge in [0.05, 0.1) is 5.56 Å². The topological polar surface area (TPSA) is 40.5 Å². The van der Waals surface area contributed by atoms with Gasteiger partial charge in [0.2, 0.25) is 0 Å². The first-order valence-electron chi connectivity index (χ1n) is 6.49. The minimum Gasteiger partial charge on any atom is -0.507 e. The van der Waals surface area contributed by atoms with Crippen molar-refractivity contribution >= 4 is 40.1 Å². The van der Waals surface area contributed by atoms with Gasteiger partial charge < -0.3 is 10.0 Å². The highest BCUT2D eigenvalue weighted by molar-refractivity contribution is 14.1. The van der Waals surface area contributed by atoms with Gasteiger partial charge in [-0.15, -0.1) is 11.6 Å². The average molecular weight is 394 g/mol. The fraction of sp³-hybridized carbons (Fsp3) is 0.500. The van der Waals surface area contributed by atoms with Crippen LogP contribution in [0.25, 0.3) is 0 Å². The molecule has 3 nitrogen and oxygen atoms in total. The van der Waals surface area contributed by atoms with Crippen molar-refractivity contribution < 1.29 is 9.90 Å². The predicted octanol–water partition coefficient (Wildman–Crippen LogP) is 3.62. The lowest BCUT2D eigenvalue weighted by molar-refractivity contribution is 0.0697. The van der Waals surface area contributed by atoms with Crippen LogP contribution in [0.4, 0.5) is 0 Å². The van der Waals surface area contributed by atoms with E-state index in [1.807, 2.05) is 4.90 Å². The number of alkyl halides is 1. The van der Waals surface area contributed by atoms with E-state index >= 15 is 0 Å². The Bertz CT molecular complexity index is 467. The summed E-state index contributed by atoms with van der Waals surface area (Å²) in [4.78, 5) is 14.4. The molecule has 1 atom stereocenters. The molecule has 0 aliphatic carbocycles. The average Bonchev–Trinajstić information content (AvgIpc) is 2.65. The van der Waals surface area contributed by atoms with E-state index in [9.17, 15) is 9.90 Å². The van der Waals surface area contributed by atoms with Crippen LogP contribution in [0.5, 0.6) is 5.75 Å². The molecule has 1 aromatic rings. The van der Waals surface area contributed by atoms with Gasteiger partial charge in [0.1, 0.15) is 5.75 Å². The smallest absolute Gasteiger partial charge is 0.257 e. The second kappa shape index (κ2) is 6.79. The molecule has 19 heavy (non-hydrogen) atoms. The number of hydrogen-bond acceptors (Lipinski definition) is 2. The van der Waals surface area contributed by atoms with E-state index in [4.69, 9.17) is 11.6 Å². The summed E-state index contributed by atoms with van der Waals surface area (Å²) in [6, 6.07) is 5.17. The van der Waals surface area contributed by atoms with Crippen LogP contribution in [0.15, 0.2) is 18.2 Å². The van der Waals surface area contributed by atoms with Crippen molar-refractivity contribution in [2.45, 2.75) is 31.7 Å². The minimum atomic E-state index is -0.108. The first-order valence-corrected chi connectivity index (χ1v) is 8.10. The second-order valence-corrected chi connectivity index (χ2v) is 6.37. The highest BCUT2D eigenvalue weighted by atomic mass is 127. The third-order valence-corrected chi connectivity index (χ3v) is 4.53. The zero-order chi connectivity index (χ0) is 13.8. The Morgan fingerprint density at radius 1 is 1.42 bits per heavy atom. The number of hydrogen-bond donors (Lipinski definition) is 1. The summed E-state index contributed by atoms with van der Waals surface area (Å²) in [6.07, 6.45) is 4.19. The molecule has 0 radical (unpaired) electrons. The summed E-state index contributed by atoms with van der Waals surface area (Å²) >= 11 is 8.13. The number of aromatic hydroxyl groups is 1. The number of nitrogens with zero attached hydrogens (tertiary/aromatic N) is 1. The SMILES string of the molecule is O=C(c1cc(I)ccc1O)N1CCCCCC1CCl. The van der Waals surface area contributed by atoms with Crippen molar-refractivity contribution in [1.29, 1.82) is 0 Å². The lowest BCUT2D eigenvalue weighted by atomic mass is 10.1. The number of halogens is 2. The zero-order valence-electron chi connectivity index (χ0n) is 10.6. The maximum Gasteiger partial charge on any atom is 0.257 e. The summed E-state index contributed by atoms with van der Waals surface area (Å²) in [6.45, 7) is 0.723. The molecule has 1 unspecified atom stereocenters. The molecule has 1 aromatic carbocycles. The third-order valence-electron chi connectivity index (χ3n) is 3.51. The molecule has 0 bridgehead atoms. The van der Waals surface area contributed by atoms with Crippen LogP contribution in [0.2, 0.25) is 0 Å². The summed E-state index contributed by atoms with van der Waals surface area (Å²) in [5, 5.41) is 9.88. The van der Waals surface area contributed by atoms with Crippen LogP contribution < -0.4 is 0 Å². The molecule has 1 N–H and O–H groups in total. The molecule has 1 aliphatic rings. The van der Waals surface area contributed by atoms with Gasteiger partial charge in [0.15, 0.2) is 0 Å². The Hall–Kier alpha value is -0.490. The number of likely N-dealkylation sites (tertiary alicyclic amines) is 1. The van der Waals surface area contributed by atoms with E-state index < -0.39 is 0 Å². The third kappa shape index (κ3) is 3.54. The largest absolute Gasteiger partial charge is 0.507 e. The van der Waals surface area contributed by atoms with Crippen LogP contribution in [0, 0.1) is 3.57 Å². The molecule has 0 aromatic heterocycles. The van der Waals surface area contributed by atoms with Gasteiger partial charge in [-0.1, -0.05) is 12.8 Å². The van der Waals surface area contributed by atoms with Crippen LogP contribution >= 0.6 is 34.2 Å². The lowest BCUT2D eigenvalue weighted by Crippen LogP contribution is -2.41. The molecule has 104 valence electrons. The summed E-state index contributed by atoms with van der Waals surface area (Å²) in [5.74, 6) is 0.391. The fourth-order valence-electron chi connectivity index (χ4n) is 2.44. The van der Waals surface area contributed by atoms with E-state index in [1.165, 1.54) is 0 Å². The van der Waals surface area contributed by atoms with Gasteiger partial charge in [0.25, 0.3) is 5.91 Å². The molecular formula is C14H17ClINO2. The van der Waals surface area contributed by atoms with Crippen molar-refractivity contribution in [3.8, 4) is 5.75 Å². The fourth-order valence-corrected chi connectivity index (χ4v) is 3.25. The maximum atomic E-state index is 12.6. The van der Waals surface area contributed by atoms with Crippen LogP contribution in [-0.2, 0) is 0 Å². The number of amides is 1. The molecule has 0 spiro atoms. The first kappa shape index (κ1) is 14.9. The van der Waals surface area contributed by atoms with Gasteiger partial charge in [-0.3, -0.25) is 4.79 Å². The Balaban J connectivity index is 2.27. The highest BCUT2D eigenvalue weighted by Gasteiger charge is 2.27. The molecule has 0 saturated carbocycles. The normalized spacial score (nSPS) is 20.1. The quantitative estimate of drug-likeness (QED) is 0.616. The number of rotatable bonds is 2. The van der Waals surface area contributed by atoms with Crippen LogP contribution in [-0.4, -0.2) is 34.4 Å². The van der Waals surface area contributed by atoms with E-state index in [2.05, 4.69) is 22.6 Å². The highest BCUT2D eigenvalue weighted by Crippen LogP contribution is 2.25. The Kier molecular flexibility index (Phi) is 5.33. The van der Waals surface area contributed by atoms with Gasteiger partial charge in [-0.05, 0) is 53.6 Å².